The van der Waals surface area contributed by atoms with Gasteiger partial charge in [0.25, 0.3) is 0 Å². The van der Waals surface area contributed by atoms with Gasteiger partial charge in [0, 0.05) is 16.5 Å². The van der Waals surface area contributed by atoms with Gasteiger partial charge in [0.1, 0.15) is 5.25 Å². The highest BCUT2D eigenvalue weighted by Crippen LogP contribution is 2.42. The predicted molar refractivity (Wildman–Crippen MR) is 131 cm³/mol. The van der Waals surface area contributed by atoms with Crippen molar-refractivity contribution in [2.45, 2.75) is 37.1 Å². The number of rotatable bonds is 6. The quantitative estimate of drug-likeness (QED) is 0.516. The van der Waals surface area contributed by atoms with Gasteiger partial charge >= 0.3 is 0 Å². The smallest absolute Gasteiger partial charge is 0.241 e. The molecule has 0 saturated carbocycles. The Morgan fingerprint density at radius 3 is 2.50 bits per heavy atom. The molecule has 3 aromatic rings. The van der Waals surface area contributed by atoms with E-state index in [1.54, 1.807) is 11.0 Å². The van der Waals surface area contributed by atoms with Gasteiger partial charge in [0.15, 0.2) is 0 Å². The fraction of sp³-hybridized carbons (Fsp3) is 0.231. The van der Waals surface area contributed by atoms with Crippen molar-refractivity contribution in [1.29, 1.82) is 0 Å². The van der Waals surface area contributed by atoms with E-state index in [-0.39, 0.29) is 11.8 Å². The number of halogens is 1. The second kappa shape index (κ2) is 9.80. The van der Waals surface area contributed by atoms with Gasteiger partial charge in [-0.15, -0.1) is 11.8 Å². The summed E-state index contributed by atoms with van der Waals surface area (Å²) >= 11 is 7.67. The minimum Gasteiger partial charge on any atom is -0.352 e. The summed E-state index contributed by atoms with van der Waals surface area (Å²) in [6, 6.07) is 23.5. The van der Waals surface area contributed by atoms with E-state index in [0.717, 1.165) is 21.7 Å². The number of benzene rings is 3. The standard InChI is InChI=1S/C26H25ClN2O2S/c1-17-11-13-19(14-12-17)16-29-22-9-5-6-10-23(22)32-24(26(29)31)18(2)25(30)28-15-20-7-3-4-8-21(20)27/h3-14,18,24H,15-16H2,1-2H3,(H,28,30)/t18-,24+/m0/s1. The number of nitrogens with one attached hydrogen (secondary N) is 1. The van der Waals surface area contributed by atoms with Crippen LogP contribution in [0.25, 0.3) is 0 Å². The topological polar surface area (TPSA) is 49.4 Å². The van der Waals surface area contributed by atoms with Crippen molar-refractivity contribution >= 4 is 40.9 Å². The number of nitrogens with zero attached hydrogens (tertiary/aromatic N) is 1. The van der Waals surface area contributed by atoms with Gasteiger partial charge in [-0.25, -0.2) is 0 Å². The molecule has 0 aliphatic carbocycles. The zero-order chi connectivity index (χ0) is 22.7. The van der Waals surface area contributed by atoms with E-state index >= 15 is 0 Å². The number of aryl methyl sites for hydroxylation is 1. The Labute approximate surface area is 198 Å². The molecule has 0 saturated heterocycles. The highest BCUT2D eigenvalue weighted by atomic mass is 35.5. The molecule has 0 spiro atoms. The molecule has 6 heteroatoms. The fourth-order valence-corrected chi connectivity index (χ4v) is 5.20. The summed E-state index contributed by atoms with van der Waals surface area (Å²) < 4.78 is 0. The molecule has 1 heterocycles. The normalized spacial score (nSPS) is 16.4. The first-order valence-corrected chi connectivity index (χ1v) is 11.8. The number of carbonyl (C=O) groups excluding carboxylic acids is 2. The Morgan fingerprint density at radius 2 is 1.75 bits per heavy atom. The van der Waals surface area contributed by atoms with Crippen molar-refractivity contribution in [3.05, 3.63) is 94.5 Å². The molecule has 164 valence electrons. The first-order valence-electron chi connectivity index (χ1n) is 10.6. The van der Waals surface area contributed by atoms with Gasteiger partial charge in [-0.2, -0.15) is 0 Å². The second-order valence-electron chi connectivity index (χ2n) is 8.01. The molecule has 0 unspecified atom stereocenters. The van der Waals surface area contributed by atoms with Crippen LogP contribution in [0.5, 0.6) is 0 Å². The minimum absolute atomic E-state index is 0.0466. The highest BCUT2D eigenvalue weighted by Gasteiger charge is 2.39. The summed E-state index contributed by atoms with van der Waals surface area (Å²) in [5, 5.41) is 3.06. The molecule has 0 aromatic heterocycles. The third-order valence-electron chi connectivity index (χ3n) is 5.66. The van der Waals surface area contributed by atoms with E-state index in [9.17, 15) is 9.59 Å². The van der Waals surface area contributed by atoms with Crippen LogP contribution in [0, 0.1) is 12.8 Å². The van der Waals surface area contributed by atoms with Gasteiger partial charge < -0.3 is 10.2 Å². The molecule has 1 aliphatic rings. The van der Waals surface area contributed by atoms with Crippen molar-refractivity contribution in [3.8, 4) is 0 Å². The summed E-state index contributed by atoms with van der Waals surface area (Å²) in [4.78, 5) is 29.3. The molecule has 0 radical (unpaired) electrons. The Hall–Kier alpha value is -2.76. The Morgan fingerprint density at radius 1 is 1.06 bits per heavy atom. The van der Waals surface area contributed by atoms with Gasteiger partial charge in [0.2, 0.25) is 11.8 Å². The van der Waals surface area contributed by atoms with Crippen LogP contribution < -0.4 is 10.2 Å². The lowest BCUT2D eigenvalue weighted by Gasteiger charge is -2.35. The van der Waals surface area contributed by atoms with Gasteiger partial charge in [-0.3, -0.25) is 9.59 Å². The minimum atomic E-state index is -0.499. The monoisotopic (exact) mass is 464 g/mol. The molecular weight excluding hydrogens is 440 g/mol. The number of hydrogen-bond donors (Lipinski definition) is 1. The third kappa shape index (κ3) is 4.84. The van der Waals surface area contributed by atoms with E-state index in [1.165, 1.54) is 17.3 Å². The highest BCUT2D eigenvalue weighted by molar-refractivity contribution is 8.01. The third-order valence-corrected chi connectivity index (χ3v) is 7.49. The number of para-hydroxylation sites is 1. The van der Waals surface area contributed by atoms with Gasteiger partial charge in [-0.05, 0) is 36.2 Å². The van der Waals surface area contributed by atoms with E-state index in [2.05, 4.69) is 5.32 Å². The van der Waals surface area contributed by atoms with Crippen LogP contribution >= 0.6 is 23.4 Å². The molecular formula is C26H25ClN2O2S. The molecule has 1 aliphatic heterocycles. The summed E-state index contributed by atoms with van der Waals surface area (Å²) in [7, 11) is 0. The lowest BCUT2D eigenvalue weighted by atomic mass is 10.0. The number of carbonyl (C=O) groups is 2. The molecule has 2 amide bonds. The van der Waals surface area contributed by atoms with Crippen LogP contribution in [-0.4, -0.2) is 17.1 Å². The van der Waals surface area contributed by atoms with E-state index < -0.39 is 11.2 Å². The first-order chi connectivity index (χ1) is 15.4. The maximum Gasteiger partial charge on any atom is 0.241 e. The Bertz CT molecular complexity index is 1130. The molecule has 3 aromatic carbocycles. The van der Waals surface area contributed by atoms with Gasteiger partial charge in [0.05, 0.1) is 18.2 Å². The molecule has 2 atom stereocenters. The summed E-state index contributed by atoms with van der Waals surface area (Å²) in [5.74, 6) is -0.705. The second-order valence-corrected chi connectivity index (χ2v) is 9.60. The Kier molecular flexibility index (Phi) is 6.87. The summed E-state index contributed by atoms with van der Waals surface area (Å²) in [5.41, 5.74) is 3.98. The predicted octanol–water partition coefficient (Wildman–Crippen LogP) is 5.61. The molecule has 1 N–H and O–H groups in total. The largest absolute Gasteiger partial charge is 0.352 e. The van der Waals surface area contributed by atoms with Crippen LogP contribution in [-0.2, 0) is 22.7 Å². The lowest BCUT2D eigenvalue weighted by Crippen LogP contribution is -2.47. The van der Waals surface area contributed by atoms with Crippen molar-refractivity contribution in [2.24, 2.45) is 5.92 Å². The van der Waals surface area contributed by atoms with E-state index in [0.29, 0.717) is 18.1 Å². The zero-order valence-corrected chi connectivity index (χ0v) is 19.6. The van der Waals surface area contributed by atoms with Crippen LogP contribution in [0.1, 0.15) is 23.6 Å². The Balaban J connectivity index is 1.53. The average molecular weight is 465 g/mol. The van der Waals surface area contributed by atoms with Crippen LogP contribution in [0.15, 0.2) is 77.7 Å². The average Bonchev–Trinajstić information content (AvgIpc) is 2.81. The number of anilines is 1. The van der Waals surface area contributed by atoms with E-state index in [1.807, 2.05) is 80.6 Å². The number of amides is 2. The first kappa shape index (κ1) is 22.4. The van der Waals surface area contributed by atoms with Crippen molar-refractivity contribution in [1.82, 2.24) is 5.32 Å². The SMILES string of the molecule is Cc1ccc(CN2C(=O)[C@@H]([C@H](C)C(=O)NCc3ccccc3Cl)Sc3ccccc32)cc1. The molecule has 32 heavy (non-hydrogen) atoms. The maximum atomic E-state index is 13.5. The molecule has 0 bridgehead atoms. The van der Waals surface area contributed by atoms with Crippen LogP contribution in [0.3, 0.4) is 0 Å². The summed E-state index contributed by atoms with van der Waals surface area (Å²) in [6.07, 6.45) is 0. The van der Waals surface area contributed by atoms with Crippen LogP contribution in [0.2, 0.25) is 5.02 Å². The lowest BCUT2D eigenvalue weighted by molar-refractivity contribution is -0.128. The van der Waals surface area contributed by atoms with Crippen LogP contribution in [0.4, 0.5) is 5.69 Å². The molecule has 0 fully saturated rings. The number of hydrogen-bond acceptors (Lipinski definition) is 3. The fourth-order valence-electron chi connectivity index (χ4n) is 3.72. The van der Waals surface area contributed by atoms with Crippen molar-refractivity contribution in [2.75, 3.05) is 4.90 Å². The van der Waals surface area contributed by atoms with Crippen molar-refractivity contribution < 1.29 is 9.59 Å². The van der Waals surface area contributed by atoms with E-state index in [4.69, 9.17) is 11.6 Å². The number of thioether (sulfide) groups is 1. The zero-order valence-electron chi connectivity index (χ0n) is 18.0. The van der Waals surface area contributed by atoms with Gasteiger partial charge in [-0.1, -0.05) is 78.7 Å². The number of fused-ring (bicyclic) bond motifs is 1. The maximum absolute atomic E-state index is 13.5. The summed E-state index contributed by atoms with van der Waals surface area (Å²) in [6.45, 7) is 4.66. The molecule has 4 rings (SSSR count). The molecule has 4 nitrogen and oxygen atoms in total. The van der Waals surface area contributed by atoms with Crippen molar-refractivity contribution in [3.63, 3.8) is 0 Å².